The van der Waals surface area contributed by atoms with Crippen LogP contribution in [0.15, 0.2) is 57.9 Å². The lowest BCUT2D eigenvalue weighted by atomic mass is 9.92. The van der Waals surface area contributed by atoms with Crippen LogP contribution in [-0.4, -0.2) is 57.3 Å². The number of sulfonamides is 1. The first-order valence-corrected chi connectivity index (χ1v) is 11.8. The van der Waals surface area contributed by atoms with Crippen LogP contribution in [0.4, 0.5) is 0 Å². The predicted octanol–water partition coefficient (Wildman–Crippen LogP) is 2.81. The first kappa shape index (κ1) is 22.0. The Morgan fingerprint density at radius 2 is 1.86 bits per heavy atom. The number of rotatable bonds is 7. The zero-order valence-electron chi connectivity index (χ0n) is 16.6. The molecule has 0 saturated carbocycles. The summed E-state index contributed by atoms with van der Waals surface area (Å²) >= 11 is 3.34. The smallest absolute Gasteiger partial charge is 0.243 e. The normalized spacial score (nSPS) is 17.2. The number of hydrogen-bond acceptors (Lipinski definition) is 4. The maximum Gasteiger partial charge on any atom is 0.243 e. The van der Waals surface area contributed by atoms with Crippen molar-refractivity contribution in [1.29, 1.82) is 0 Å². The molecule has 1 aliphatic heterocycles. The molecule has 1 amide bonds. The van der Waals surface area contributed by atoms with E-state index in [0.29, 0.717) is 19.5 Å². The van der Waals surface area contributed by atoms with Crippen molar-refractivity contribution < 1.29 is 13.2 Å². The molecule has 0 radical (unpaired) electrons. The summed E-state index contributed by atoms with van der Waals surface area (Å²) in [6.45, 7) is 1.61. The first-order chi connectivity index (χ1) is 13.8. The molecule has 29 heavy (non-hydrogen) atoms. The van der Waals surface area contributed by atoms with E-state index in [1.54, 1.807) is 24.3 Å². The molecular weight excluding hydrogens is 454 g/mol. The van der Waals surface area contributed by atoms with Crippen LogP contribution in [-0.2, 0) is 21.2 Å². The lowest BCUT2D eigenvalue weighted by molar-refractivity contribution is -0.122. The molecule has 0 bridgehead atoms. The molecule has 0 saturated heterocycles. The lowest BCUT2D eigenvalue weighted by Gasteiger charge is -2.36. The van der Waals surface area contributed by atoms with Crippen LogP contribution in [0, 0.1) is 0 Å². The highest BCUT2D eigenvalue weighted by Crippen LogP contribution is 2.36. The molecule has 3 rings (SSSR count). The Hall–Kier alpha value is -1.74. The summed E-state index contributed by atoms with van der Waals surface area (Å²) < 4.78 is 29.0. The Morgan fingerprint density at radius 3 is 2.55 bits per heavy atom. The number of likely N-dealkylation sites (N-methyl/N-ethyl adjacent to an activating group) is 1. The third-order valence-corrected chi connectivity index (χ3v) is 7.49. The largest absolute Gasteiger partial charge is 0.355 e. The maximum atomic E-state index is 13.4. The summed E-state index contributed by atoms with van der Waals surface area (Å²) in [6.07, 6.45) is 0.727. The van der Waals surface area contributed by atoms with E-state index < -0.39 is 16.1 Å². The number of carbonyl (C=O) groups is 1. The fraction of sp³-hybridized carbons (Fsp3) is 0.381. The Kier molecular flexibility index (Phi) is 7.10. The van der Waals surface area contributed by atoms with E-state index in [1.165, 1.54) is 4.31 Å². The molecule has 0 fully saturated rings. The van der Waals surface area contributed by atoms with Crippen molar-refractivity contribution in [3.8, 4) is 0 Å². The second-order valence-electron chi connectivity index (χ2n) is 7.39. The highest BCUT2D eigenvalue weighted by molar-refractivity contribution is 9.10. The Labute approximate surface area is 181 Å². The van der Waals surface area contributed by atoms with Crippen LogP contribution in [0.25, 0.3) is 0 Å². The molecule has 8 heteroatoms. The number of benzene rings is 2. The summed E-state index contributed by atoms with van der Waals surface area (Å²) in [4.78, 5) is 14.8. The van der Waals surface area contributed by atoms with Crippen molar-refractivity contribution >= 4 is 31.9 Å². The predicted molar refractivity (Wildman–Crippen MR) is 117 cm³/mol. The van der Waals surface area contributed by atoms with Gasteiger partial charge in [0.25, 0.3) is 0 Å². The molecule has 2 aromatic carbocycles. The molecule has 156 valence electrons. The van der Waals surface area contributed by atoms with Gasteiger partial charge in [-0.15, -0.1) is 0 Å². The van der Waals surface area contributed by atoms with Gasteiger partial charge in [-0.05, 0) is 55.9 Å². The second-order valence-corrected chi connectivity index (χ2v) is 10.2. The van der Waals surface area contributed by atoms with Gasteiger partial charge in [-0.2, -0.15) is 4.31 Å². The standard InChI is InChI=1S/C21H26BrN3O3S/c1-24(2)14-12-23-21(26)15-20-19-6-4-3-5-16(19)11-13-25(20)29(27,28)18-9-7-17(22)8-10-18/h3-10,20H,11-15H2,1-2H3,(H,23,26). The fourth-order valence-corrected chi connectivity index (χ4v) is 5.41. The number of carbonyl (C=O) groups excluding carboxylic acids is 1. The molecule has 1 unspecified atom stereocenters. The number of halogens is 1. The molecule has 0 aromatic heterocycles. The zero-order valence-corrected chi connectivity index (χ0v) is 19.0. The third kappa shape index (κ3) is 5.25. The summed E-state index contributed by atoms with van der Waals surface area (Å²) in [5.74, 6) is -0.149. The van der Waals surface area contributed by atoms with Crippen LogP contribution in [0.5, 0.6) is 0 Å². The maximum absolute atomic E-state index is 13.4. The lowest BCUT2D eigenvalue weighted by Crippen LogP contribution is -2.42. The third-order valence-electron chi connectivity index (χ3n) is 5.04. The van der Waals surface area contributed by atoms with Gasteiger partial charge >= 0.3 is 0 Å². The Balaban J connectivity index is 1.89. The van der Waals surface area contributed by atoms with Gasteiger partial charge in [-0.3, -0.25) is 4.79 Å². The minimum atomic E-state index is -3.73. The molecular formula is C21H26BrN3O3S. The molecule has 2 aromatic rings. The highest BCUT2D eigenvalue weighted by Gasteiger charge is 2.37. The minimum absolute atomic E-state index is 0.0974. The van der Waals surface area contributed by atoms with E-state index >= 15 is 0 Å². The molecule has 0 aliphatic carbocycles. The van der Waals surface area contributed by atoms with Gasteiger partial charge in [0.2, 0.25) is 15.9 Å². The van der Waals surface area contributed by atoms with E-state index in [0.717, 1.165) is 22.1 Å². The summed E-state index contributed by atoms with van der Waals surface area (Å²) in [6, 6.07) is 13.9. The monoisotopic (exact) mass is 479 g/mol. The highest BCUT2D eigenvalue weighted by atomic mass is 79.9. The van der Waals surface area contributed by atoms with E-state index in [-0.39, 0.29) is 17.2 Å². The van der Waals surface area contributed by atoms with Crippen LogP contribution in [0.3, 0.4) is 0 Å². The Bertz CT molecular complexity index is 961. The van der Waals surface area contributed by atoms with Gasteiger partial charge in [0.1, 0.15) is 0 Å². The summed E-state index contributed by atoms with van der Waals surface area (Å²) in [7, 11) is 0.155. The van der Waals surface area contributed by atoms with Crippen LogP contribution < -0.4 is 5.32 Å². The fourth-order valence-electron chi connectivity index (χ4n) is 3.54. The summed E-state index contributed by atoms with van der Waals surface area (Å²) in [5.41, 5.74) is 2.00. The SMILES string of the molecule is CN(C)CCNC(=O)CC1c2ccccc2CCN1S(=O)(=O)c1ccc(Br)cc1. The van der Waals surface area contributed by atoms with E-state index in [1.807, 2.05) is 43.3 Å². The van der Waals surface area contributed by atoms with Crippen molar-refractivity contribution in [2.45, 2.75) is 23.8 Å². The summed E-state index contributed by atoms with van der Waals surface area (Å²) in [5, 5.41) is 2.90. The quantitative estimate of drug-likeness (QED) is 0.662. The van der Waals surface area contributed by atoms with Crippen molar-refractivity contribution in [3.63, 3.8) is 0 Å². The topological polar surface area (TPSA) is 69.7 Å². The molecule has 1 heterocycles. The van der Waals surface area contributed by atoms with Gasteiger partial charge in [-0.25, -0.2) is 8.42 Å². The number of amides is 1. The van der Waals surface area contributed by atoms with Gasteiger partial charge < -0.3 is 10.2 Å². The zero-order chi connectivity index (χ0) is 21.0. The first-order valence-electron chi connectivity index (χ1n) is 9.55. The van der Waals surface area contributed by atoms with Crippen LogP contribution in [0.2, 0.25) is 0 Å². The number of fused-ring (bicyclic) bond motifs is 1. The van der Waals surface area contributed by atoms with Crippen molar-refractivity contribution in [2.24, 2.45) is 0 Å². The number of nitrogens with zero attached hydrogens (tertiary/aromatic N) is 2. The molecule has 1 aliphatic rings. The van der Waals surface area contributed by atoms with Gasteiger partial charge in [0, 0.05) is 30.5 Å². The second kappa shape index (κ2) is 9.38. The molecule has 1 N–H and O–H groups in total. The van der Waals surface area contributed by atoms with Crippen LogP contribution in [0.1, 0.15) is 23.6 Å². The number of hydrogen-bond donors (Lipinski definition) is 1. The van der Waals surface area contributed by atoms with E-state index in [4.69, 9.17) is 0 Å². The van der Waals surface area contributed by atoms with Crippen LogP contribution >= 0.6 is 15.9 Å². The van der Waals surface area contributed by atoms with E-state index in [9.17, 15) is 13.2 Å². The average molecular weight is 480 g/mol. The van der Waals surface area contributed by atoms with Crippen molar-refractivity contribution in [2.75, 3.05) is 33.7 Å². The van der Waals surface area contributed by atoms with Gasteiger partial charge in [-0.1, -0.05) is 40.2 Å². The molecule has 6 nitrogen and oxygen atoms in total. The van der Waals surface area contributed by atoms with E-state index in [2.05, 4.69) is 21.2 Å². The average Bonchev–Trinajstić information content (AvgIpc) is 2.68. The van der Waals surface area contributed by atoms with Crippen molar-refractivity contribution in [1.82, 2.24) is 14.5 Å². The van der Waals surface area contributed by atoms with Gasteiger partial charge in [0.05, 0.1) is 10.9 Å². The molecule has 0 spiro atoms. The molecule has 1 atom stereocenters. The van der Waals surface area contributed by atoms with Crippen molar-refractivity contribution in [3.05, 3.63) is 64.1 Å². The van der Waals surface area contributed by atoms with Gasteiger partial charge in [0.15, 0.2) is 0 Å². The minimum Gasteiger partial charge on any atom is -0.355 e. The number of nitrogens with one attached hydrogen (secondary N) is 1. The Morgan fingerprint density at radius 1 is 1.17 bits per heavy atom.